The van der Waals surface area contributed by atoms with Crippen LogP contribution in [0.2, 0.25) is 0 Å². The summed E-state index contributed by atoms with van der Waals surface area (Å²) in [5, 5.41) is 27.8. The van der Waals surface area contributed by atoms with Gasteiger partial charge in [0.1, 0.15) is 11.7 Å². The number of halogens is 1. The number of esters is 1. The third-order valence-electron chi connectivity index (χ3n) is 2.26. The average molecular weight is 273 g/mol. The Morgan fingerprint density at radius 1 is 1.47 bits per heavy atom. The van der Waals surface area contributed by atoms with Crippen LogP contribution in [0.5, 0.6) is 0 Å². The van der Waals surface area contributed by atoms with E-state index >= 15 is 0 Å². The van der Waals surface area contributed by atoms with Crippen LogP contribution in [0.15, 0.2) is 12.3 Å². The molecule has 2 unspecified atom stereocenters. The Kier molecular flexibility index (Phi) is 4.90. The monoisotopic (exact) mass is 273 g/mol. The van der Waals surface area contributed by atoms with Crippen LogP contribution in [0.3, 0.4) is 0 Å². The van der Waals surface area contributed by atoms with E-state index in [-0.39, 0.29) is 12.2 Å². The summed E-state index contributed by atoms with van der Waals surface area (Å²) in [5.41, 5.74) is -0.980. The lowest BCUT2D eigenvalue weighted by Gasteiger charge is -2.16. The van der Waals surface area contributed by atoms with Crippen LogP contribution in [0, 0.1) is 5.95 Å². The fourth-order valence-corrected chi connectivity index (χ4v) is 1.31. The van der Waals surface area contributed by atoms with Crippen molar-refractivity contribution in [3.63, 3.8) is 0 Å². The van der Waals surface area contributed by atoms with E-state index < -0.39 is 35.7 Å². The van der Waals surface area contributed by atoms with Crippen LogP contribution in [0.1, 0.15) is 28.9 Å². The number of carbonyl (C=O) groups excluding carboxylic acids is 1. The fraction of sp³-hybridized carbons (Fsp3) is 0.364. The van der Waals surface area contributed by atoms with Crippen LogP contribution in [-0.4, -0.2) is 45.0 Å². The van der Waals surface area contributed by atoms with Crippen LogP contribution >= 0.6 is 0 Å². The lowest BCUT2D eigenvalue weighted by molar-refractivity contribution is -0.159. The first-order valence-electron chi connectivity index (χ1n) is 5.30. The zero-order valence-corrected chi connectivity index (χ0v) is 9.91. The molecule has 1 rings (SSSR count). The maximum atomic E-state index is 13.0. The summed E-state index contributed by atoms with van der Waals surface area (Å²) in [7, 11) is 0. The lowest BCUT2D eigenvalue weighted by atomic mass is 10.0. The van der Waals surface area contributed by atoms with Crippen LogP contribution in [0.4, 0.5) is 4.39 Å². The van der Waals surface area contributed by atoms with E-state index in [1.54, 1.807) is 0 Å². The Hall–Kier alpha value is -2.06. The highest BCUT2D eigenvalue weighted by Gasteiger charge is 2.28. The zero-order valence-electron chi connectivity index (χ0n) is 9.91. The molecule has 3 N–H and O–H groups in total. The molecule has 0 spiro atoms. The molecule has 0 aromatic carbocycles. The van der Waals surface area contributed by atoms with Gasteiger partial charge in [-0.1, -0.05) is 0 Å². The molecule has 0 amide bonds. The number of carboxylic acid groups (broad SMARTS) is 1. The Morgan fingerprint density at radius 2 is 2.11 bits per heavy atom. The smallest absolute Gasteiger partial charge is 0.340 e. The summed E-state index contributed by atoms with van der Waals surface area (Å²) >= 11 is 0. The topological polar surface area (TPSA) is 117 Å². The highest BCUT2D eigenvalue weighted by Crippen LogP contribution is 2.19. The summed E-state index contributed by atoms with van der Waals surface area (Å²) in [5.74, 6) is -3.88. The highest BCUT2D eigenvalue weighted by molar-refractivity contribution is 5.87. The van der Waals surface area contributed by atoms with Gasteiger partial charge in [-0.25, -0.2) is 14.6 Å². The molecule has 0 aliphatic carbocycles. The summed E-state index contributed by atoms with van der Waals surface area (Å²) in [6.45, 7) is 1.52. The van der Waals surface area contributed by atoms with Gasteiger partial charge in [-0.2, -0.15) is 4.39 Å². The van der Waals surface area contributed by atoms with Crippen LogP contribution in [-0.2, 0) is 9.53 Å². The average Bonchev–Trinajstić information content (AvgIpc) is 2.37. The number of carbonyl (C=O) groups is 2. The van der Waals surface area contributed by atoms with Gasteiger partial charge in [-0.15, -0.1) is 0 Å². The quantitative estimate of drug-likeness (QED) is 0.505. The van der Waals surface area contributed by atoms with Crippen molar-refractivity contribution in [1.82, 2.24) is 4.98 Å². The molecule has 0 saturated carbocycles. The van der Waals surface area contributed by atoms with Crippen molar-refractivity contribution in [3.8, 4) is 0 Å². The molecule has 1 heterocycles. The van der Waals surface area contributed by atoms with Crippen molar-refractivity contribution < 1.29 is 34.0 Å². The summed E-state index contributed by atoms with van der Waals surface area (Å²) in [6, 6.07) is 0.789. The molecule has 0 radical (unpaired) electrons. The normalized spacial score (nSPS) is 13.7. The largest absolute Gasteiger partial charge is 0.478 e. The SMILES string of the molecule is CCOC(=O)C(O)C(O)c1cnc(F)c(C(=O)O)c1. The van der Waals surface area contributed by atoms with Gasteiger partial charge >= 0.3 is 11.9 Å². The lowest BCUT2D eigenvalue weighted by Crippen LogP contribution is -2.30. The van der Waals surface area contributed by atoms with Crippen molar-refractivity contribution >= 4 is 11.9 Å². The molecular weight excluding hydrogens is 261 g/mol. The minimum atomic E-state index is -1.91. The number of pyridine rings is 1. The number of ether oxygens (including phenoxy) is 1. The number of aliphatic hydroxyl groups excluding tert-OH is 2. The summed E-state index contributed by atoms with van der Waals surface area (Å²) < 4.78 is 17.5. The minimum Gasteiger partial charge on any atom is -0.478 e. The molecular formula is C11H12FNO6. The van der Waals surface area contributed by atoms with Gasteiger partial charge in [0, 0.05) is 11.8 Å². The second-order valence-electron chi connectivity index (χ2n) is 3.55. The Balaban J connectivity index is 3.00. The number of hydrogen-bond donors (Lipinski definition) is 3. The molecule has 0 fully saturated rings. The van der Waals surface area contributed by atoms with Gasteiger partial charge in [0.15, 0.2) is 6.10 Å². The Bertz CT molecular complexity index is 492. The van der Waals surface area contributed by atoms with Crippen molar-refractivity contribution in [2.24, 2.45) is 0 Å². The van der Waals surface area contributed by atoms with E-state index in [0.29, 0.717) is 0 Å². The van der Waals surface area contributed by atoms with E-state index in [0.717, 1.165) is 12.3 Å². The van der Waals surface area contributed by atoms with Gasteiger partial charge < -0.3 is 20.1 Å². The molecule has 0 saturated heterocycles. The Labute approximate surface area is 107 Å². The number of rotatable bonds is 5. The zero-order chi connectivity index (χ0) is 14.6. The van der Waals surface area contributed by atoms with Crippen molar-refractivity contribution in [2.75, 3.05) is 6.61 Å². The van der Waals surface area contributed by atoms with E-state index in [9.17, 15) is 24.2 Å². The highest BCUT2D eigenvalue weighted by atomic mass is 19.1. The molecule has 0 aliphatic heterocycles. The third kappa shape index (κ3) is 3.46. The standard InChI is InChI=1S/C11H12FNO6/c1-2-19-11(18)8(15)7(14)5-3-6(10(16)17)9(12)13-4-5/h3-4,7-8,14-15H,2H2,1H3,(H,16,17). The predicted octanol–water partition coefficient (Wildman–Crippen LogP) is -0.124. The van der Waals surface area contributed by atoms with Crippen molar-refractivity contribution in [1.29, 1.82) is 0 Å². The van der Waals surface area contributed by atoms with Crippen LogP contribution in [0.25, 0.3) is 0 Å². The number of nitrogens with zero attached hydrogens (tertiary/aromatic N) is 1. The molecule has 7 nitrogen and oxygen atoms in total. The van der Waals surface area contributed by atoms with E-state index in [2.05, 4.69) is 9.72 Å². The van der Waals surface area contributed by atoms with Crippen LogP contribution < -0.4 is 0 Å². The molecule has 1 aromatic rings. The minimum absolute atomic E-state index is 0.00462. The third-order valence-corrected chi connectivity index (χ3v) is 2.26. The molecule has 0 aliphatic rings. The molecule has 2 atom stereocenters. The first-order chi connectivity index (χ1) is 8.88. The predicted molar refractivity (Wildman–Crippen MR) is 58.8 cm³/mol. The van der Waals surface area contributed by atoms with Gasteiger partial charge in [0.25, 0.3) is 0 Å². The number of aromatic nitrogens is 1. The van der Waals surface area contributed by atoms with Gasteiger partial charge in [0.05, 0.1) is 6.61 Å². The molecule has 1 aromatic heterocycles. The van der Waals surface area contributed by atoms with Gasteiger partial charge in [-0.05, 0) is 13.0 Å². The van der Waals surface area contributed by atoms with E-state index in [1.165, 1.54) is 6.92 Å². The molecule has 8 heteroatoms. The van der Waals surface area contributed by atoms with E-state index in [1.807, 2.05) is 0 Å². The van der Waals surface area contributed by atoms with Gasteiger partial charge in [0.2, 0.25) is 5.95 Å². The fourth-order valence-electron chi connectivity index (χ4n) is 1.31. The maximum Gasteiger partial charge on any atom is 0.340 e. The molecule has 19 heavy (non-hydrogen) atoms. The van der Waals surface area contributed by atoms with Crippen molar-refractivity contribution in [2.45, 2.75) is 19.1 Å². The first-order valence-corrected chi connectivity index (χ1v) is 5.30. The van der Waals surface area contributed by atoms with E-state index in [4.69, 9.17) is 5.11 Å². The summed E-state index contributed by atoms with van der Waals surface area (Å²) in [4.78, 5) is 25.0. The Morgan fingerprint density at radius 3 is 2.63 bits per heavy atom. The number of aromatic carboxylic acids is 1. The second-order valence-corrected chi connectivity index (χ2v) is 3.55. The molecule has 0 bridgehead atoms. The number of hydrogen-bond acceptors (Lipinski definition) is 6. The van der Waals surface area contributed by atoms with Gasteiger partial charge in [-0.3, -0.25) is 0 Å². The number of carboxylic acids is 1. The number of aliphatic hydroxyl groups is 2. The van der Waals surface area contributed by atoms with Crippen molar-refractivity contribution in [3.05, 3.63) is 29.3 Å². The first kappa shape index (κ1) is 15.0. The second kappa shape index (κ2) is 6.21. The molecule has 104 valence electrons. The summed E-state index contributed by atoms with van der Waals surface area (Å²) in [6.07, 6.45) is -2.84. The maximum absolute atomic E-state index is 13.0.